The second-order valence-corrected chi connectivity index (χ2v) is 7.70. The van der Waals surface area contributed by atoms with Crippen LogP contribution in [-0.2, 0) is 8.78 Å². The van der Waals surface area contributed by atoms with Gasteiger partial charge in [-0.1, -0.05) is 13.3 Å². The Morgan fingerprint density at radius 3 is 2.44 bits per heavy atom. The van der Waals surface area contributed by atoms with E-state index in [4.69, 9.17) is 4.21 Å². The lowest BCUT2D eigenvalue weighted by molar-refractivity contribution is 0.520. The molecular formula is C5H14O2PSi+. The van der Waals surface area contributed by atoms with Crippen LogP contribution in [0.15, 0.2) is 0 Å². The van der Waals surface area contributed by atoms with E-state index in [1.165, 1.54) is 0 Å². The fraction of sp³-hybridized carbons (Fsp3) is 1.00. The van der Waals surface area contributed by atoms with Crippen molar-refractivity contribution in [2.45, 2.75) is 32.5 Å². The molecule has 0 radical (unpaired) electrons. The molecule has 4 heteroatoms. The highest BCUT2D eigenvalue weighted by atomic mass is 31.1. The van der Waals surface area contributed by atoms with E-state index in [0.29, 0.717) is 0 Å². The van der Waals surface area contributed by atoms with Crippen LogP contribution in [0.1, 0.15) is 13.3 Å². The highest BCUT2D eigenvalue weighted by Gasteiger charge is 2.26. The summed E-state index contributed by atoms with van der Waals surface area (Å²) in [6.45, 7) is 6.29. The predicted octanol–water partition coefficient (Wildman–Crippen LogP) is 2.56. The molecule has 0 rings (SSSR count). The van der Waals surface area contributed by atoms with E-state index >= 15 is 0 Å². The maximum absolute atomic E-state index is 10.1. The van der Waals surface area contributed by atoms with E-state index in [1.807, 2.05) is 0 Å². The van der Waals surface area contributed by atoms with E-state index in [0.717, 1.165) is 12.5 Å². The minimum Gasteiger partial charge on any atom is -0.204 e. The lowest BCUT2D eigenvalue weighted by atomic mass is 10.6. The molecule has 2 nitrogen and oxygen atoms in total. The molecular weight excluding hydrogens is 151 g/mol. The van der Waals surface area contributed by atoms with Gasteiger partial charge < -0.3 is 0 Å². The zero-order valence-corrected chi connectivity index (χ0v) is 8.23. The molecule has 9 heavy (non-hydrogen) atoms. The van der Waals surface area contributed by atoms with E-state index < -0.39 is 17.0 Å². The zero-order valence-electron chi connectivity index (χ0n) is 6.23. The van der Waals surface area contributed by atoms with Gasteiger partial charge in [-0.2, -0.15) is 0 Å². The van der Waals surface area contributed by atoms with Crippen molar-refractivity contribution in [1.82, 2.24) is 0 Å². The summed E-state index contributed by atoms with van der Waals surface area (Å²) in [5.41, 5.74) is 0. The second kappa shape index (κ2) is 4.15. The summed E-state index contributed by atoms with van der Waals surface area (Å²) < 4.78 is 15.1. The van der Waals surface area contributed by atoms with Gasteiger partial charge in [0, 0.05) is 0 Å². The van der Waals surface area contributed by atoms with Gasteiger partial charge in [0.2, 0.25) is 0 Å². The van der Waals surface area contributed by atoms with Crippen LogP contribution in [0.3, 0.4) is 0 Å². The van der Waals surface area contributed by atoms with E-state index in [-0.39, 0.29) is 0 Å². The van der Waals surface area contributed by atoms with Crippen molar-refractivity contribution < 1.29 is 8.78 Å². The molecule has 0 aliphatic rings. The topological polar surface area (TPSA) is 26.3 Å². The van der Waals surface area contributed by atoms with Crippen molar-refractivity contribution in [3.63, 3.8) is 0 Å². The van der Waals surface area contributed by atoms with Gasteiger partial charge in [0.05, 0.1) is 0 Å². The smallest absolute Gasteiger partial charge is 0.204 e. The van der Waals surface area contributed by atoms with Crippen molar-refractivity contribution >= 4 is 17.0 Å². The summed E-state index contributed by atoms with van der Waals surface area (Å²) in [7, 11) is -2.07. The summed E-state index contributed by atoms with van der Waals surface area (Å²) in [4.78, 5) is 0. The van der Waals surface area contributed by atoms with Crippen LogP contribution in [-0.4, -0.2) is 8.32 Å². The Morgan fingerprint density at radius 1 is 1.56 bits per heavy atom. The van der Waals surface area contributed by atoms with Crippen molar-refractivity contribution in [3.05, 3.63) is 0 Å². The first kappa shape index (κ1) is 9.28. The molecule has 0 bridgehead atoms. The third kappa shape index (κ3) is 4.76. The monoisotopic (exact) mass is 165 g/mol. The minimum atomic E-state index is -1.50. The Bertz CT molecular complexity index is 95.0. The largest absolute Gasteiger partial charge is 0.482 e. The lowest BCUT2D eigenvalue weighted by Gasteiger charge is -2.10. The minimum absolute atomic E-state index is 0.569. The maximum Gasteiger partial charge on any atom is 0.482 e. The average molecular weight is 165 g/mol. The van der Waals surface area contributed by atoms with Gasteiger partial charge in [-0.3, -0.25) is 0 Å². The van der Waals surface area contributed by atoms with Crippen molar-refractivity contribution in [3.8, 4) is 0 Å². The molecule has 0 N–H and O–H groups in total. The molecule has 1 unspecified atom stereocenters. The Kier molecular flexibility index (Phi) is 4.28. The zero-order chi connectivity index (χ0) is 7.33. The van der Waals surface area contributed by atoms with Crippen molar-refractivity contribution in [2.75, 3.05) is 0 Å². The summed E-state index contributed by atoms with van der Waals surface area (Å²) in [6.07, 6.45) is 1.13. The highest BCUT2D eigenvalue weighted by Crippen LogP contribution is 2.17. The summed E-state index contributed by atoms with van der Waals surface area (Å²) in [6, 6.07) is 1.10. The van der Waals surface area contributed by atoms with Crippen LogP contribution < -0.4 is 0 Å². The Balaban J connectivity index is 3.55. The molecule has 54 valence electrons. The molecule has 1 atom stereocenters. The first-order valence-corrected chi connectivity index (χ1v) is 7.10. The molecule has 0 fully saturated rings. The quantitative estimate of drug-likeness (QED) is 0.472. The molecule has 0 aromatic carbocycles. The molecule has 0 saturated heterocycles. The predicted molar refractivity (Wildman–Crippen MR) is 42.7 cm³/mol. The highest BCUT2D eigenvalue weighted by molar-refractivity contribution is 7.20. The Hall–Kier alpha value is 0.277. The summed E-state index contributed by atoms with van der Waals surface area (Å²) >= 11 is 0. The number of hydrogen-bond acceptors (Lipinski definition) is 2. The van der Waals surface area contributed by atoms with Gasteiger partial charge in [0.1, 0.15) is 0 Å². The third-order valence-corrected chi connectivity index (χ3v) is 5.42. The van der Waals surface area contributed by atoms with Crippen molar-refractivity contribution in [2.24, 2.45) is 0 Å². The summed E-state index contributed by atoms with van der Waals surface area (Å²) in [5.74, 6) is 0. The molecule has 0 saturated carbocycles. The number of hydrogen-bond donors (Lipinski definition) is 0. The average Bonchev–Trinajstić information content (AvgIpc) is 1.64. The molecule has 0 aliphatic carbocycles. The molecule has 0 spiro atoms. The summed E-state index contributed by atoms with van der Waals surface area (Å²) in [5, 5.41) is 0. The number of rotatable bonds is 4. The van der Waals surface area contributed by atoms with Gasteiger partial charge in [-0.15, -0.1) is 0 Å². The van der Waals surface area contributed by atoms with Crippen LogP contribution >= 0.6 is 8.69 Å². The standard InChI is InChI=1S/C5H14O2PSi/c1-4-5-9(2,3)7-8-6/h8H,4-5H2,1-3H3/q+1. The Labute approximate surface area is 59.0 Å². The van der Waals surface area contributed by atoms with E-state index in [2.05, 4.69) is 20.0 Å². The van der Waals surface area contributed by atoms with Gasteiger partial charge in [0.25, 0.3) is 8.32 Å². The van der Waals surface area contributed by atoms with Gasteiger partial charge in [-0.05, 0) is 23.7 Å². The van der Waals surface area contributed by atoms with Crippen LogP contribution in [0.4, 0.5) is 0 Å². The molecule has 0 heterocycles. The van der Waals surface area contributed by atoms with Crippen LogP contribution in [0.2, 0.25) is 19.1 Å². The molecule has 0 aromatic heterocycles. The van der Waals surface area contributed by atoms with E-state index in [1.54, 1.807) is 0 Å². The maximum atomic E-state index is 10.1. The SMILES string of the molecule is CCC[Si](C)(C)O[PH+]=O. The van der Waals surface area contributed by atoms with Gasteiger partial charge in [-0.25, -0.2) is 4.21 Å². The van der Waals surface area contributed by atoms with Crippen LogP contribution in [0, 0.1) is 0 Å². The van der Waals surface area contributed by atoms with E-state index in [9.17, 15) is 4.57 Å². The van der Waals surface area contributed by atoms with Crippen LogP contribution in [0.5, 0.6) is 0 Å². The van der Waals surface area contributed by atoms with Crippen molar-refractivity contribution in [1.29, 1.82) is 0 Å². The molecule has 0 aromatic rings. The normalized spacial score (nSPS) is 12.3. The second-order valence-electron chi connectivity index (χ2n) is 2.70. The molecule has 0 amide bonds. The fourth-order valence-electron chi connectivity index (χ4n) is 0.766. The fourth-order valence-corrected chi connectivity index (χ4v) is 3.28. The first-order chi connectivity index (χ1) is 4.12. The first-order valence-electron chi connectivity index (χ1n) is 3.17. The van der Waals surface area contributed by atoms with Gasteiger partial charge >= 0.3 is 8.69 Å². The third-order valence-electron chi connectivity index (χ3n) is 1.17. The lowest BCUT2D eigenvalue weighted by Crippen LogP contribution is -2.25. The van der Waals surface area contributed by atoms with Crippen LogP contribution in [0.25, 0.3) is 0 Å². The Morgan fingerprint density at radius 2 is 2.11 bits per heavy atom. The van der Waals surface area contributed by atoms with Gasteiger partial charge in [0.15, 0.2) is 0 Å². The molecule has 0 aliphatic heterocycles.